The molecular weight excluding hydrogens is 257 g/mol. The van der Waals surface area contributed by atoms with Crippen LogP contribution in [0.15, 0.2) is 52.3 Å². The molecule has 0 radical (unpaired) electrons. The molecule has 2 aromatic carbocycles. The van der Waals surface area contributed by atoms with Crippen LogP contribution in [-0.2, 0) is 11.3 Å². The predicted molar refractivity (Wildman–Crippen MR) is 74.1 cm³/mol. The van der Waals surface area contributed by atoms with Gasteiger partial charge in [0.15, 0.2) is 0 Å². The quantitative estimate of drug-likeness (QED) is 0.845. The average Bonchev–Trinajstić information content (AvgIpc) is 2.80. The fraction of sp³-hybridized carbons (Fsp3) is 0.0714. The van der Waals surface area contributed by atoms with E-state index in [0.29, 0.717) is 12.2 Å². The molecule has 2 aromatic rings. The third kappa shape index (κ3) is 2.52. The van der Waals surface area contributed by atoms with Crippen molar-refractivity contribution in [3.05, 3.63) is 53.6 Å². The maximum atomic E-state index is 9.68. The van der Waals surface area contributed by atoms with Crippen molar-refractivity contribution < 1.29 is 9.68 Å². The van der Waals surface area contributed by atoms with Crippen molar-refractivity contribution in [2.24, 2.45) is 0 Å². The number of rotatable bonds is 2. The second kappa shape index (κ2) is 5.10. The molecule has 19 heavy (non-hydrogen) atoms. The summed E-state index contributed by atoms with van der Waals surface area (Å²) in [5.74, 6) is 0. The minimum atomic E-state index is -0.819. The SMILES string of the molecule is N#Cc1cccc(Sc2ccc3c(c2)B(O)OC3)c1. The summed E-state index contributed by atoms with van der Waals surface area (Å²) in [5.41, 5.74) is 2.51. The molecule has 0 fully saturated rings. The monoisotopic (exact) mass is 267 g/mol. The highest BCUT2D eigenvalue weighted by Crippen LogP contribution is 2.28. The van der Waals surface area contributed by atoms with Crippen molar-refractivity contribution in [3.63, 3.8) is 0 Å². The van der Waals surface area contributed by atoms with E-state index in [1.807, 2.05) is 36.4 Å². The zero-order chi connectivity index (χ0) is 13.2. The Labute approximate surface area is 116 Å². The van der Waals surface area contributed by atoms with Crippen LogP contribution >= 0.6 is 11.8 Å². The first kappa shape index (κ1) is 12.3. The molecule has 0 unspecified atom stereocenters. The normalized spacial score (nSPS) is 13.2. The van der Waals surface area contributed by atoms with Gasteiger partial charge in [0.2, 0.25) is 0 Å². The Balaban J connectivity index is 1.88. The van der Waals surface area contributed by atoms with Gasteiger partial charge in [-0.05, 0) is 41.4 Å². The Hall–Kier alpha value is -1.74. The number of hydrogen-bond donors (Lipinski definition) is 1. The predicted octanol–water partition coefficient (Wildman–Crippen LogP) is 1.93. The topological polar surface area (TPSA) is 53.2 Å². The van der Waals surface area contributed by atoms with Crippen LogP contribution in [0.25, 0.3) is 0 Å². The summed E-state index contributed by atoms with van der Waals surface area (Å²) < 4.78 is 5.17. The lowest BCUT2D eigenvalue weighted by Crippen LogP contribution is -2.27. The third-order valence-electron chi connectivity index (χ3n) is 2.98. The Bertz CT molecular complexity index is 669. The van der Waals surface area contributed by atoms with E-state index in [-0.39, 0.29) is 0 Å². The molecule has 0 aliphatic carbocycles. The van der Waals surface area contributed by atoms with E-state index in [1.54, 1.807) is 17.8 Å². The molecule has 1 aliphatic rings. The minimum Gasteiger partial charge on any atom is -0.423 e. The summed E-state index contributed by atoms with van der Waals surface area (Å²) >= 11 is 1.57. The van der Waals surface area contributed by atoms with Crippen molar-refractivity contribution in [3.8, 4) is 6.07 Å². The molecular formula is C14H10BNO2S. The van der Waals surface area contributed by atoms with Crippen molar-refractivity contribution in [1.82, 2.24) is 0 Å². The zero-order valence-corrected chi connectivity index (χ0v) is 10.9. The van der Waals surface area contributed by atoms with Gasteiger partial charge in [0.05, 0.1) is 18.2 Å². The van der Waals surface area contributed by atoms with Gasteiger partial charge in [0, 0.05) is 9.79 Å². The minimum absolute atomic E-state index is 0.464. The van der Waals surface area contributed by atoms with Crippen LogP contribution in [0.3, 0.4) is 0 Å². The molecule has 0 bridgehead atoms. The van der Waals surface area contributed by atoms with E-state index in [9.17, 15) is 5.02 Å². The van der Waals surface area contributed by atoms with Crippen molar-refractivity contribution in [2.75, 3.05) is 0 Å². The maximum Gasteiger partial charge on any atom is 0.491 e. The number of hydrogen-bond acceptors (Lipinski definition) is 4. The molecule has 0 amide bonds. The van der Waals surface area contributed by atoms with Gasteiger partial charge in [0.1, 0.15) is 0 Å². The lowest BCUT2D eigenvalue weighted by molar-refractivity contribution is 0.275. The van der Waals surface area contributed by atoms with E-state index in [2.05, 4.69) is 6.07 Å². The summed E-state index contributed by atoms with van der Waals surface area (Å²) in [7, 11) is -0.819. The molecule has 0 aromatic heterocycles. The summed E-state index contributed by atoms with van der Waals surface area (Å²) in [5, 5.41) is 18.6. The summed E-state index contributed by atoms with van der Waals surface area (Å²) in [4.78, 5) is 2.03. The summed E-state index contributed by atoms with van der Waals surface area (Å²) in [6.45, 7) is 0.464. The second-order valence-electron chi connectivity index (χ2n) is 4.27. The van der Waals surface area contributed by atoms with E-state index in [1.165, 1.54) is 0 Å². The van der Waals surface area contributed by atoms with Gasteiger partial charge in [-0.2, -0.15) is 5.26 Å². The lowest BCUT2D eigenvalue weighted by atomic mass is 9.80. The largest absolute Gasteiger partial charge is 0.491 e. The molecule has 0 spiro atoms. The first-order chi connectivity index (χ1) is 9.26. The first-order valence-electron chi connectivity index (χ1n) is 5.87. The standard InChI is InChI=1S/C14H10BNO2S/c16-8-10-2-1-3-12(6-10)19-13-5-4-11-9-18-15(17)14(11)7-13/h1-7,17H,9H2. The number of fused-ring (bicyclic) bond motifs is 1. The molecule has 0 saturated heterocycles. The van der Waals surface area contributed by atoms with E-state index >= 15 is 0 Å². The Morgan fingerprint density at radius 2 is 2.05 bits per heavy atom. The molecule has 1 aliphatic heterocycles. The number of nitriles is 1. The van der Waals surface area contributed by atoms with Crippen LogP contribution in [0.4, 0.5) is 0 Å². The van der Waals surface area contributed by atoms with Gasteiger partial charge in [-0.15, -0.1) is 0 Å². The fourth-order valence-electron chi connectivity index (χ4n) is 2.02. The van der Waals surface area contributed by atoms with E-state index in [4.69, 9.17) is 9.92 Å². The fourth-order valence-corrected chi connectivity index (χ4v) is 2.95. The van der Waals surface area contributed by atoms with Crippen LogP contribution in [0.2, 0.25) is 0 Å². The van der Waals surface area contributed by atoms with Gasteiger partial charge in [-0.1, -0.05) is 23.9 Å². The molecule has 0 saturated carbocycles. The van der Waals surface area contributed by atoms with Crippen LogP contribution in [0.5, 0.6) is 0 Å². The Morgan fingerprint density at radius 1 is 1.21 bits per heavy atom. The highest BCUT2D eigenvalue weighted by atomic mass is 32.2. The lowest BCUT2D eigenvalue weighted by Gasteiger charge is -2.05. The van der Waals surface area contributed by atoms with Crippen LogP contribution in [0.1, 0.15) is 11.1 Å². The maximum absolute atomic E-state index is 9.68. The van der Waals surface area contributed by atoms with Gasteiger partial charge >= 0.3 is 7.12 Å². The smallest absolute Gasteiger partial charge is 0.423 e. The van der Waals surface area contributed by atoms with Crippen molar-refractivity contribution in [2.45, 2.75) is 16.4 Å². The van der Waals surface area contributed by atoms with E-state index < -0.39 is 7.12 Å². The average molecular weight is 267 g/mol. The third-order valence-corrected chi connectivity index (χ3v) is 3.96. The van der Waals surface area contributed by atoms with Gasteiger partial charge in [-0.25, -0.2) is 0 Å². The first-order valence-corrected chi connectivity index (χ1v) is 6.68. The van der Waals surface area contributed by atoms with Crippen LogP contribution in [0, 0.1) is 11.3 Å². The molecule has 3 rings (SSSR count). The molecule has 1 heterocycles. The summed E-state index contributed by atoms with van der Waals surface area (Å²) in [6.07, 6.45) is 0. The molecule has 1 N–H and O–H groups in total. The number of nitrogens with zero attached hydrogens (tertiary/aromatic N) is 1. The molecule has 3 nitrogen and oxygen atoms in total. The van der Waals surface area contributed by atoms with Gasteiger partial charge < -0.3 is 9.68 Å². The van der Waals surface area contributed by atoms with Gasteiger partial charge in [0.25, 0.3) is 0 Å². The highest BCUT2D eigenvalue weighted by molar-refractivity contribution is 7.99. The van der Waals surface area contributed by atoms with Gasteiger partial charge in [-0.3, -0.25) is 0 Å². The second-order valence-corrected chi connectivity index (χ2v) is 5.41. The van der Waals surface area contributed by atoms with Crippen molar-refractivity contribution >= 4 is 24.3 Å². The summed E-state index contributed by atoms with van der Waals surface area (Å²) in [6, 6.07) is 15.5. The number of benzene rings is 2. The Kier molecular flexibility index (Phi) is 3.30. The van der Waals surface area contributed by atoms with Crippen molar-refractivity contribution in [1.29, 1.82) is 5.26 Å². The highest BCUT2D eigenvalue weighted by Gasteiger charge is 2.27. The van der Waals surface area contributed by atoms with Crippen LogP contribution in [-0.4, -0.2) is 12.1 Å². The van der Waals surface area contributed by atoms with E-state index in [0.717, 1.165) is 20.8 Å². The molecule has 92 valence electrons. The zero-order valence-electron chi connectivity index (χ0n) is 10.0. The molecule has 5 heteroatoms. The molecule has 0 atom stereocenters. The van der Waals surface area contributed by atoms with Crippen LogP contribution < -0.4 is 5.46 Å². The Morgan fingerprint density at radius 3 is 2.89 bits per heavy atom.